The molecule has 1 amide bonds. The van der Waals surface area contributed by atoms with E-state index in [-0.39, 0.29) is 5.91 Å². The largest absolute Gasteiger partial charge is 0.493 e. The Labute approximate surface area is 180 Å². The van der Waals surface area contributed by atoms with Gasteiger partial charge in [-0.15, -0.1) is 0 Å². The summed E-state index contributed by atoms with van der Waals surface area (Å²) in [5.41, 5.74) is 1.33. The van der Waals surface area contributed by atoms with Crippen molar-refractivity contribution in [2.45, 2.75) is 26.2 Å². The summed E-state index contributed by atoms with van der Waals surface area (Å²) in [7, 11) is 4.58. The van der Waals surface area contributed by atoms with Crippen LogP contribution in [-0.2, 0) is 0 Å². The molecule has 1 aliphatic rings. The Bertz CT molecular complexity index is 1080. The van der Waals surface area contributed by atoms with Gasteiger partial charge in [0.05, 0.1) is 32.3 Å². The smallest absolute Gasteiger partial charge is 0.260 e. The molecule has 9 heteroatoms. The Morgan fingerprint density at radius 1 is 1.03 bits per heavy atom. The van der Waals surface area contributed by atoms with Crippen LogP contribution in [0.25, 0.3) is 11.1 Å². The number of aromatic nitrogens is 2. The third kappa shape index (κ3) is 3.83. The van der Waals surface area contributed by atoms with E-state index < -0.39 is 0 Å². The summed E-state index contributed by atoms with van der Waals surface area (Å²) in [5.74, 6) is 2.24. The van der Waals surface area contributed by atoms with Gasteiger partial charge in [0.25, 0.3) is 5.91 Å². The van der Waals surface area contributed by atoms with Gasteiger partial charge in [0.1, 0.15) is 17.9 Å². The number of carbonyl (C=O) groups is 1. The molecule has 2 aromatic heterocycles. The number of methoxy groups -OCH3 is 3. The molecule has 0 spiro atoms. The van der Waals surface area contributed by atoms with E-state index in [1.165, 1.54) is 34.1 Å². The maximum Gasteiger partial charge on any atom is 0.260 e. The molecule has 0 unspecified atom stereocenters. The molecule has 0 atom stereocenters. The van der Waals surface area contributed by atoms with Crippen LogP contribution in [0.1, 0.15) is 35.4 Å². The molecule has 1 aliphatic heterocycles. The number of nitrogens with one attached hydrogen (secondary N) is 1. The maximum absolute atomic E-state index is 13.3. The number of aryl methyl sites for hydroxylation is 1. The molecule has 1 saturated heterocycles. The number of furan rings is 1. The van der Waals surface area contributed by atoms with E-state index in [4.69, 9.17) is 18.6 Å². The first-order chi connectivity index (χ1) is 15.1. The van der Waals surface area contributed by atoms with Crippen molar-refractivity contribution in [1.29, 1.82) is 0 Å². The van der Waals surface area contributed by atoms with Crippen LogP contribution in [-0.4, -0.2) is 50.3 Å². The molecule has 164 valence electrons. The van der Waals surface area contributed by atoms with Gasteiger partial charge >= 0.3 is 0 Å². The zero-order valence-corrected chi connectivity index (χ0v) is 18.2. The van der Waals surface area contributed by atoms with Gasteiger partial charge in [-0.25, -0.2) is 9.97 Å². The van der Waals surface area contributed by atoms with Gasteiger partial charge in [0.15, 0.2) is 11.5 Å². The summed E-state index contributed by atoms with van der Waals surface area (Å²) in [6.07, 6.45) is 4.87. The number of amides is 1. The van der Waals surface area contributed by atoms with Crippen molar-refractivity contribution in [2.24, 2.45) is 0 Å². The second-order valence-corrected chi connectivity index (χ2v) is 7.33. The average Bonchev–Trinajstić information content (AvgIpc) is 3.14. The molecule has 0 radical (unpaired) electrons. The summed E-state index contributed by atoms with van der Waals surface area (Å²) >= 11 is 0. The van der Waals surface area contributed by atoms with Gasteiger partial charge in [0, 0.05) is 30.9 Å². The second kappa shape index (κ2) is 8.71. The van der Waals surface area contributed by atoms with Crippen molar-refractivity contribution in [3.05, 3.63) is 29.8 Å². The molecule has 31 heavy (non-hydrogen) atoms. The number of nitrogens with zero attached hydrogens (tertiary/aromatic N) is 3. The molecule has 0 saturated carbocycles. The summed E-state index contributed by atoms with van der Waals surface area (Å²) in [4.78, 5) is 24.3. The van der Waals surface area contributed by atoms with E-state index in [1.807, 2.05) is 0 Å². The lowest BCUT2D eigenvalue weighted by atomic mass is 10.1. The van der Waals surface area contributed by atoms with Gasteiger partial charge in [0.2, 0.25) is 11.5 Å². The molecule has 3 heterocycles. The van der Waals surface area contributed by atoms with Gasteiger partial charge in [-0.3, -0.25) is 4.79 Å². The van der Waals surface area contributed by atoms with Gasteiger partial charge in [-0.2, -0.15) is 0 Å². The first-order valence-electron chi connectivity index (χ1n) is 10.2. The molecule has 0 aliphatic carbocycles. The number of anilines is 2. The van der Waals surface area contributed by atoms with Crippen molar-refractivity contribution < 1.29 is 23.4 Å². The molecule has 1 aromatic carbocycles. The predicted octanol–water partition coefficient (Wildman–Crippen LogP) is 3.80. The van der Waals surface area contributed by atoms with Crippen molar-refractivity contribution in [2.75, 3.05) is 44.6 Å². The van der Waals surface area contributed by atoms with Gasteiger partial charge in [-0.05, 0) is 26.2 Å². The van der Waals surface area contributed by atoms with Crippen LogP contribution in [0, 0.1) is 6.92 Å². The fraction of sp³-hybridized carbons (Fsp3) is 0.409. The lowest BCUT2D eigenvalue weighted by Crippen LogP contribution is -2.30. The molecule has 0 bridgehead atoms. The second-order valence-electron chi connectivity index (χ2n) is 7.33. The number of carbonyl (C=O) groups excluding carboxylic acids is 1. The Kier molecular flexibility index (Phi) is 5.83. The highest BCUT2D eigenvalue weighted by atomic mass is 16.5. The number of fused-ring (bicyclic) bond motifs is 1. The highest BCUT2D eigenvalue weighted by Gasteiger charge is 2.26. The fourth-order valence-corrected chi connectivity index (χ4v) is 3.99. The number of piperidine rings is 1. The van der Waals surface area contributed by atoms with E-state index in [9.17, 15) is 4.79 Å². The molecular formula is C22H26N4O5. The van der Waals surface area contributed by atoms with E-state index in [0.717, 1.165) is 31.7 Å². The summed E-state index contributed by atoms with van der Waals surface area (Å²) in [6.45, 7) is 3.54. The van der Waals surface area contributed by atoms with Crippen LogP contribution >= 0.6 is 0 Å². The molecular weight excluding hydrogens is 400 g/mol. The summed E-state index contributed by atoms with van der Waals surface area (Å²) in [6, 6.07) is 3.36. The average molecular weight is 426 g/mol. The Morgan fingerprint density at radius 2 is 1.71 bits per heavy atom. The van der Waals surface area contributed by atoms with Crippen LogP contribution in [0.5, 0.6) is 17.2 Å². The van der Waals surface area contributed by atoms with Crippen LogP contribution < -0.4 is 24.4 Å². The standard InChI is InChI=1S/C22H26N4O5/c1-13-17(18-20(23-12-24-22(18)31-13)26-8-6-5-7-9-26)21(27)25-14-10-15(28-2)19(30-4)16(11-14)29-3/h10-12H,5-9H2,1-4H3,(H,25,27). The van der Waals surface area contributed by atoms with E-state index in [2.05, 4.69) is 20.2 Å². The Hall–Kier alpha value is -3.49. The minimum absolute atomic E-state index is 0.321. The normalized spacial score (nSPS) is 13.9. The molecule has 4 rings (SSSR count). The summed E-state index contributed by atoms with van der Waals surface area (Å²) < 4.78 is 21.9. The zero-order chi connectivity index (χ0) is 22.0. The van der Waals surface area contributed by atoms with Crippen molar-refractivity contribution in [3.8, 4) is 17.2 Å². The van der Waals surface area contributed by atoms with Crippen LogP contribution in [0.4, 0.5) is 11.5 Å². The lowest BCUT2D eigenvalue weighted by molar-refractivity contribution is 0.102. The monoisotopic (exact) mass is 426 g/mol. The number of hydrogen-bond donors (Lipinski definition) is 1. The van der Waals surface area contributed by atoms with E-state index >= 15 is 0 Å². The highest BCUT2D eigenvalue weighted by Crippen LogP contribution is 2.40. The topological polar surface area (TPSA) is 99.0 Å². The summed E-state index contributed by atoms with van der Waals surface area (Å²) in [5, 5.41) is 3.55. The Morgan fingerprint density at radius 3 is 2.32 bits per heavy atom. The fourth-order valence-electron chi connectivity index (χ4n) is 3.99. The maximum atomic E-state index is 13.3. The minimum atomic E-state index is -0.321. The van der Waals surface area contributed by atoms with E-state index in [1.54, 1.807) is 19.1 Å². The lowest BCUT2D eigenvalue weighted by Gasteiger charge is -2.28. The van der Waals surface area contributed by atoms with E-state index in [0.29, 0.717) is 45.4 Å². The Balaban J connectivity index is 1.74. The highest BCUT2D eigenvalue weighted by molar-refractivity contribution is 6.15. The SMILES string of the molecule is COc1cc(NC(=O)c2c(C)oc3ncnc(N4CCCCC4)c23)cc(OC)c1OC. The van der Waals surface area contributed by atoms with Crippen LogP contribution in [0.15, 0.2) is 22.9 Å². The molecule has 1 fully saturated rings. The number of benzene rings is 1. The zero-order valence-electron chi connectivity index (χ0n) is 18.2. The van der Waals surface area contributed by atoms with Crippen LogP contribution in [0.2, 0.25) is 0 Å². The quantitative estimate of drug-likeness (QED) is 0.635. The van der Waals surface area contributed by atoms with Crippen LogP contribution in [0.3, 0.4) is 0 Å². The van der Waals surface area contributed by atoms with Crippen molar-refractivity contribution >= 4 is 28.5 Å². The minimum Gasteiger partial charge on any atom is -0.493 e. The predicted molar refractivity (Wildman–Crippen MR) is 117 cm³/mol. The molecule has 3 aromatic rings. The van der Waals surface area contributed by atoms with Gasteiger partial charge in [-0.1, -0.05) is 0 Å². The van der Waals surface area contributed by atoms with Crippen molar-refractivity contribution in [3.63, 3.8) is 0 Å². The molecule has 1 N–H and O–H groups in total. The number of ether oxygens (including phenoxy) is 3. The van der Waals surface area contributed by atoms with Crippen molar-refractivity contribution in [1.82, 2.24) is 9.97 Å². The first kappa shape index (κ1) is 20.8. The first-order valence-corrected chi connectivity index (χ1v) is 10.2. The number of hydrogen-bond acceptors (Lipinski definition) is 8. The van der Waals surface area contributed by atoms with Gasteiger partial charge < -0.3 is 28.8 Å². The molecule has 9 nitrogen and oxygen atoms in total. The third-order valence-electron chi connectivity index (χ3n) is 5.45. The number of rotatable bonds is 6. The third-order valence-corrected chi connectivity index (χ3v) is 5.45.